The molecule has 0 aliphatic heterocycles. The molecule has 0 fully saturated rings. The van der Waals surface area contributed by atoms with Crippen LogP contribution in [0.15, 0.2) is 48.5 Å². The summed E-state index contributed by atoms with van der Waals surface area (Å²) in [6.45, 7) is 5.83. The van der Waals surface area contributed by atoms with Crippen LogP contribution >= 0.6 is 0 Å². The molecule has 7 heteroatoms. The number of nitrogens with zero attached hydrogens (tertiary/aromatic N) is 1. The molecule has 0 heterocycles. The number of ether oxygens (including phenoxy) is 1. The van der Waals surface area contributed by atoms with Crippen molar-refractivity contribution >= 4 is 27.3 Å². The van der Waals surface area contributed by atoms with Gasteiger partial charge in [-0.1, -0.05) is 45.0 Å². The number of rotatable bonds is 6. The minimum atomic E-state index is -3.65. The first kappa shape index (κ1) is 20.8. The van der Waals surface area contributed by atoms with Crippen LogP contribution in [0.25, 0.3) is 0 Å². The highest BCUT2D eigenvalue weighted by Crippen LogP contribution is 2.29. The van der Waals surface area contributed by atoms with Gasteiger partial charge in [-0.15, -0.1) is 0 Å². The van der Waals surface area contributed by atoms with Gasteiger partial charge in [0.2, 0.25) is 15.9 Å². The molecule has 0 atom stereocenters. The zero-order valence-corrected chi connectivity index (χ0v) is 17.1. The maximum Gasteiger partial charge on any atom is 0.245 e. The van der Waals surface area contributed by atoms with E-state index in [1.54, 1.807) is 24.3 Å². The topological polar surface area (TPSA) is 75.7 Å². The molecule has 2 aromatic carbocycles. The van der Waals surface area contributed by atoms with Gasteiger partial charge in [-0.2, -0.15) is 0 Å². The number of amides is 1. The lowest BCUT2D eigenvalue weighted by molar-refractivity contribution is -0.114. The monoisotopic (exact) mass is 390 g/mol. The van der Waals surface area contributed by atoms with E-state index in [4.69, 9.17) is 4.74 Å². The van der Waals surface area contributed by atoms with Crippen molar-refractivity contribution < 1.29 is 17.9 Å². The standard InChI is InChI=1S/C20H26N2O4S/c1-20(2,3)17-11-6-7-12-18(17)21-19(23)14-22(27(5,24)25)15-9-8-10-16(13-15)26-4/h6-13H,14H2,1-5H3,(H,21,23). The number of sulfonamides is 1. The molecular formula is C20H26N2O4S. The molecule has 6 nitrogen and oxygen atoms in total. The quantitative estimate of drug-likeness (QED) is 0.820. The molecule has 1 N–H and O–H groups in total. The second-order valence-corrected chi connectivity index (χ2v) is 9.22. The van der Waals surface area contributed by atoms with Crippen molar-refractivity contribution in [1.82, 2.24) is 0 Å². The first-order valence-electron chi connectivity index (χ1n) is 8.53. The van der Waals surface area contributed by atoms with Crippen LogP contribution in [0, 0.1) is 0 Å². The number of hydrogen-bond acceptors (Lipinski definition) is 4. The Bertz CT molecular complexity index is 918. The van der Waals surface area contributed by atoms with Gasteiger partial charge in [-0.05, 0) is 29.2 Å². The van der Waals surface area contributed by atoms with E-state index in [0.717, 1.165) is 16.1 Å². The fourth-order valence-corrected chi connectivity index (χ4v) is 3.58. The van der Waals surface area contributed by atoms with E-state index >= 15 is 0 Å². The van der Waals surface area contributed by atoms with E-state index in [1.807, 2.05) is 24.3 Å². The summed E-state index contributed by atoms with van der Waals surface area (Å²) in [4.78, 5) is 12.6. The molecule has 0 aliphatic carbocycles. The van der Waals surface area contributed by atoms with E-state index in [1.165, 1.54) is 7.11 Å². The number of methoxy groups -OCH3 is 1. The summed E-state index contributed by atoms with van der Waals surface area (Å²) in [5.74, 6) is 0.0968. The molecule has 0 saturated heterocycles. The van der Waals surface area contributed by atoms with Crippen LogP contribution < -0.4 is 14.4 Å². The van der Waals surface area contributed by atoms with E-state index in [-0.39, 0.29) is 12.0 Å². The molecule has 2 aromatic rings. The van der Waals surface area contributed by atoms with Crippen molar-refractivity contribution in [3.8, 4) is 5.75 Å². The largest absolute Gasteiger partial charge is 0.497 e. The second kappa shape index (κ2) is 8.00. The van der Waals surface area contributed by atoms with E-state index in [2.05, 4.69) is 26.1 Å². The van der Waals surface area contributed by atoms with Crippen LogP contribution in [-0.4, -0.2) is 34.2 Å². The van der Waals surface area contributed by atoms with Gasteiger partial charge in [-0.3, -0.25) is 9.10 Å². The highest BCUT2D eigenvalue weighted by molar-refractivity contribution is 7.92. The number of anilines is 2. The molecule has 146 valence electrons. The van der Waals surface area contributed by atoms with E-state index in [9.17, 15) is 13.2 Å². The second-order valence-electron chi connectivity index (χ2n) is 7.31. The summed E-state index contributed by atoms with van der Waals surface area (Å²) in [7, 11) is -2.15. The summed E-state index contributed by atoms with van der Waals surface area (Å²) in [6, 6.07) is 14.1. The molecule has 0 unspecified atom stereocenters. The van der Waals surface area contributed by atoms with Crippen molar-refractivity contribution in [2.75, 3.05) is 29.5 Å². The van der Waals surface area contributed by atoms with E-state index in [0.29, 0.717) is 17.1 Å². The summed E-state index contributed by atoms with van der Waals surface area (Å²) in [6.07, 6.45) is 1.07. The van der Waals surface area contributed by atoms with Crippen LogP contribution in [0.3, 0.4) is 0 Å². The molecule has 0 bridgehead atoms. The van der Waals surface area contributed by atoms with Crippen LogP contribution in [0.2, 0.25) is 0 Å². The van der Waals surface area contributed by atoms with Crippen LogP contribution in [0.1, 0.15) is 26.3 Å². The molecule has 2 rings (SSSR count). The Balaban J connectivity index is 2.28. The van der Waals surface area contributed by atoms with Gasteiger partial charge in [0.15, 0.2) is 0 Å². The fraction of sp³-hybridized carbons (Fsp3) is 0.350. The lowest BCUT2D eigenvalue weighted by atomic mass is 9.86. The number of hydrogen-bond donors (Lipinski definition) is 1. The molecule has 0 spiro atoms. The fourth-order valence-electron chi connectivity index (χ4n) is 2.73. The average Bonchev–Trinajstić information content (AvgIpc) is 2.58. The van der Waals surface area contributed by atoms with Crippen LogP contribution in [0.5, 0.6) is 5.75 Å². The normalized spacial score (nSPS) is 11.7. The molecule has 0 aromatic heterocycles. The zero-order valence-electron chi connectivity index (χ0n) is 16.3. The van der Waals surface area contributed by atoms with Crippen molar-refractivity contribution in [2.45, 2.75) is 26.2 Å². The van der Waals surface area contributed by atoms with Gasteiger partial charge < -0.3 is 10.1 Å². The van der Waals surface area contributed by atoms with Crippen molar-refractivity contribution in [2.24, 2.45) is 0 Å². The van der Waals surface area contributed by atoms with Gasteiger partial charge in [0.05, 0.1) is 19.1 Å². The highest BCUT2D eigenvalue weighted by atomic mass is 32.2. The summed E-state index contributed by atoms with van der Waals surface area (Å²) < 4.78 is 30.7. The third kappa shape index (κ3) is 5.47. The van der Waals surface area contributed by atoms with E-state index < -0.39 is 15.9 Å². The predicted molar refractivity (Wildman–Crippen MR) is 109 cm³/mol. The van der Waals surface area contributed by atoms with Gasteiger partial charge in [-0.25, -0.2) is 8.42 Å². The Hall–Kier alpha value is -2.54. The lowest BCUT2D eigenvalue weighted by Gasteiger charge is -2.25. The number of nitrogens with one attached hydrogen (secondary N) is 1. The third-order valence-electron chi connectivity index (χ3n) is 4.04. The zero-order chi connectivity index (χ0) is 20.2. The minimum absolute atomic E-state index is 0.160. The number of para-hydroxylation sites is 1. The third-order valence-corrected chi connectivity index (χ3v) is 5.18. The smallest absolute Gasteiger partial charge is 0.245 e. The predicted octanol–water partition coefficient (Wildman–Crippen LogP) is 3.40. The molecule has 0 aliphatic rings. The maximum atomic E-state index is 12.6. The lowest BCUT2D eigenvalue weighted by Crippen LogP contribution is -2.37. The Morgan fingerprint density at radius 2 is 1.78 bits per heavy atom. The van der Waals surface area contributed by atoms with Crippen molar-refractivity contribution in [1.29, 1.82) is 0 Å². The van der Waals surface area contributed by atoms with Gasteiger partial charge in [0.1, 0.15) is 12.3 Å². The minimum Gasteiger partial charge on any atom is -0.497 e. The Morgan fingerprint density at radius 1 is 1.11 bits per heavy atom. The average molecular weight is 391 g/mol. The maximum absolute atomic E-state index is 12.6. The number of carbonyl (C=O) groups is 1. The Labute approximate surface area is 161 Å². The summed E-state index contributed by atoms with van der Waals surface area (Å²) >= 11 is 0. The SMILES string of the molecule is COc1cccc(N(CC(=O)Nc2ccccc2C(C)(C)C)S(C)(=O)=O)c1. The highest BCUT2D eigenvalue weighted by Gasteiger charge is 2.23. The Morgan fingerprint density at radius 3 is 2.37 bits per heavy atom. The van der Waals surface area contributed by atoms with Crippen LogP contribution in [0.4, 0.5) is 11.4 Å². The van der Waals surface area contributed by atoms with Gasteiger partial charge in [0, 0.05) is 11.8 Å². The molecule has 0 saturated carbocycles. The summed E-state index contributed by atoms with van der Waals surface area (Å²) in [5, 5.41) is 2.84. The molecule has 27 heavy (non-hydrogen) atoms. The molecule has 1 amide bonds. The van der Waals surface area contributed by atoms with Crippen molar-refractivity contribution in [3.05, 3.63) is 54.1 Å². The van der Waals surface area contributed by atoms with Crippen LogP contribution in [-0.2, 0) is 20.2 Å². The molecule has 0 radical (unpaired) electrons. The Kier molecular flexibility index (Phi) is 6.15. The summed E-state index contributed by atoms with van der Waals surface area (Å²) in [5.41, 5.74) is 1.86. The first-order chi connectivity index (χ1) is 12.5. The van der Waals surface area contributed by atoms with Crippen molar-refractivity contribution in [3.63, 3.8) is 0 Å². The molecular weight excluding hydrogens is 364 g/mol. The van der Waals surface area contributed by atoms with Gasteiger partial charge >= 0.3 is 0 Å². The number of carbonyl (C=O) groups excluding carboxylic acids is 1. The number of benzene rings is 2. The van der Waals surface area contributed by atoms with Gasteiger partial charge in [0.25, 0.3) is 0 Å². The first-order valence-corrected chi connectivity index (χ1v) is 10.4.